The lowest BCUT2D eigenvalue weighted by atomic mass is 10.0. The zero-order valence-corrected chi connectivity index (χ0v) is 14.3. The molecule has 1 atom stereocenters. The summed E-state index contributed by atoms with van der Waals surface area (Å²) in [5.41, 5.74) is 3.00. The summed E-state index contributed by atoms with van der Waals surface area (Å²) in [7, 11) is 1.63. The lowest BCUT2D eigenvalue weighted by Gasteiger charge is -2.13. The largest absolute Gasteiger partial charge is 0.497 e. The van der Waals surface area contributed by atoms with E-state index in [-0.39, 0.29) is 12.5 Å². The number of carbonyl (C=O) groups excluding carboxylic acids is 1. The van der Waals surface area contributed by atoms with Gasteiger partial charge in [-0.15, -0.1) is 0 Å². The van der Waals surface area contributed by atoms with E-state index < -0.39 is 6.10 Å². The number of hydrogen-bond donors (Lipinski definition) is 2. The van der Waals surface area contributed by atoms with Crippen LogP contribution in [0.4, 0.5) is 0 Å². The Morgan fingerprint density at radius 2 is 2.08 bits per heavy atom. The van der Waals surface area contributed by atoms with E-state index in [4.69, 9.17) is 9.47 Å². The van der Waals surface area contributed by atoms with Gasteiger partial charge in [0.25, 0.3) is 0 Å². The predicted molar refractivity (Wildman–Crippen MR) is 94.9 cm³/mol. The molecule has 2 aromatic carbocycles. The van der Waals surface area contributed by atoms with E-state index in [1.54, 1.807) is 7.11 Å². The molecule has 0 fully saturated rings. The number of fused-ring (bicyclic) bond motifs is 1. The highest BCUT2D eigenvalue weighted by atomic mass is 16.5. The molecule has 0 spiro atoms. The van der Waals surface area contributed by atoms with Gasteiger partial charge in [0, 0.05) is 19.4 Å². The van der Waals surface area contributed by atoms with Crippen LogP contribution < -0.4 is 14.8 Å². The minimum absolute atomic E-state index is 0.0700. The number of aryl methyl sites for hydroxylation is 1. The number of aliphatic hydroxyl groups is 1. The maximum absolute atomic E-state index is 12.0. The smallest absolute Gasteiger partial charge is 0.220 e. The maximum Gasteiger partial charge on any atom is 0.220 e. The lowest BCUT2D eigenvalue weighted by Crippen LogP contribution is -2.28. The van der Waals surface area contributed by atoms with Crippen LogP contribution in [0.2, 0.25) is 0 Å². The van der Waals surface area contributed by atoms with Crippen molar-refractivity contribution < 1.29 is 19.4 Å². The van der Waals surface area contributed by atoms with Crippen LogP contribution in [0.1, 0.15) is 29.2 Å². The predicted octanol–water partition coefficient (Wildman–Crippen LogP) is 2.41. The van der Waals surface area contributed by atoms with E-state index in [0.717, 1.165) is 34.6 Å². The molecule has 0 aliphatic carbocycles. The Balaban J connectivity index is 1.45. The molecule has 0 radical (unpaired) electrons. The first kappa shape index (κ1) is 17.3. The Morgan fingerprint density at radius 3 is 2.84 bits per heavy atom. The third-order valence-electron chi connectivity index (χ3n) is 4.39. The van der Waals surface area contributed by atoms with Crippen LogP contribution in [-0.4, -0.2) is 31.3 Å². The van der Waals surface area contributed by atoms with Gasteiger partial charge in [-0.25, -0.2) is 0 Å². The molecule has 132 valence electrons. The minimum Gasteiger partial charge on any atom is -0.497 e. The average Bonchev–Trinajstić information content (AvgIpc) is 3.12. The molecule has 1 amide bonds. The number of carbonyl (C=O) groups is 1. The third kappa shape index (κ3) is 4.51. The van der Waals surface area contributed by atoms with Gasteiger partial charge < -0.3 is 19.9 Å². The second-order valence-corrected chi connectivity index (χ2v) is 6.13. The molecular formula is C20H23NO4. The molecule has 5 nitrogen and oxygen atoms in total. The topological polar surface area (TPSA) is 67.8 Å². The third-order valence-corrected chi connectivity index (χ3v) is 4.39. The molecule has 0 bridgehead atoms. The fourth-order valence-corrected chi connectivity index (χ4v) is 2.88. The molecule has 0 saturated carbocycles. The van der Waals surface area contributed by atoms with Crippen LogP contribution >= 0.6 is 0 Å². The van der Waals surface area contributed by atoms with Crippen LogP contribution in [0.15, 0.2) is 42.5 Å². The number of aliphatic hydroxyl groups excluding tert-OH is 1. The zero-order valence-electron chi connectivity index (χ0n) is 14.3. The van der Waals surface area contributed by atoms with E-state index in [0.29, 0.717) is 19.4 Å². The molecule has 2 N–H and O–H groups in total. The highest BCUT2D eigenvalue weighted by Crippen LogP contribution is 2.28. The summed E-state index contributed by atoms with van der Waals surface area (Å²) < 4.78 is 10.6. The molecule has 0 unspecified atom stereocenters. The summed E-state index contributed by atoms with van der Waals surface area (Å²) in [5.74, 6) is 1.62. The Labute approximate surface area is 147 Å². The molecule has 0 saturated heterocycles. The van der Waals surface area contributed by atoms with Crippen LogP contribution in [0.3, 0.4) is 0 Å². The Morgan fingerprint density at radius 1 is 1.28 bits per heavy atom. The van der Waals surface area contributed by atoms with Crippen molar-refractivity contribution in [2.75, 3.05) is 20.3 Å². The first-order valence-electron chi connectivity index (χ1n) is 8.49. The number of methoxy groups -OCH3 is 1. The molecular weight excluding hydrogens is 318 g/mol. The van der Waals surface area contributed by atoms with E-state index in [1.807, 2.05) is 42.5 Å². The molecule has 1 heterocycles. The van der Waals surface area contributed by atoms with Gasteiger partial charge in [0.1, 0.15) is 11.5 Å². The molecule has 3 rings (SSSR count). The van der Waals surface area contributed by atoms with Crippen molar-refractivity contribution in [2.45, 2.75) is 25.4 Å². The van der Waals surface area contributed by atoms with Crippen molar-refractivity contribution in [2.24, 2.45) is 0 Å². The van der Waals surface area contributed by atoms with Gasteiger partial charge in [-0.2, -0.15) is 0 Å². The number of ether oxygens (including phenoxy) is 2. The first-order valence-corrected chi connectivity index (χ1v) is 8.49. The van der Waals surface area contributed by atoms with Gasteiger partial charge >= 0.3 is 0 Å². The molecule has 25 heavy (non-hydrogen) atoms. The van der Waals surface area contributed by atoms with Crippen LogP contribution in [0.25, 0.3) is 0 Å². The average molecular weight is 341 g/mol. The summed E-state index contributed by atoms with van der Waals surface area (Å²) in [6.07, 6.45) is 1.19. The van der Waals surface area contributed by atoms with E-state index in [1.165, 1.54) is 0 Å². The van der Waals surface area contributed by atoms with Crippen molar-refractivity contribution in [1.82, 2.24) is 5.32 Å². The highest BCUT2D eigenvalue weighted by molar-refractivity contribution is 5.76. The summed E-state index contributed by atoms with van der Waals surface area (Å²) in [6, 6.07) is 13.4. The van der Waals surface area contributed by atoms with Crippen LogP contribution in [0, 0.1) is 0 Å². The van der Waals surface area contributed by atoms with Crippen molar-refractivity contribution >= 4 is 5.91 Å². The number of nitrogens with one attached hydrogen (secondary N) is 1. The van der Waals surface area contributed by atoms with Gasteiger partial charge in [-0.05, 0) is 47.4 Å². The molecule has 1 aliphatic heterocycles. The van der Waals surface area contributed by atoms with Gasteiger partial charge in [0.2, 0.25) is 5.91 Å². The lowest BCUT2D eigenvalue weighted by molar-refractivity contribution is -0.121. The van der Waals surface area contributed by atoms with E-state index in [9.17, 15) is 9.90 Å². The SMILES string of the molecule is COc1ccc(CCC(=O)NC[C@H](O)c2ccc3c(c2)CCO3)cc1. The number of benzene rings is 2. The molecule has 1 aliphatic rings. The number of amides is 1. The van der Waals surface area contributed by atoms with Gasteiger partial charge in [-0.1, -0.05) is 18.2 Å². The summed E-state index contributed by atoms with van der Waals surface area (Å²) >= 11 is 0. The molecule has 5 heteroatoms. The van der Waals surface area contributed by atoms with Crippen molar-refractivity contribution in [3.05, 3.63) is 59.2 Å². The fourth-order valence-electron chi connectivity index (χ4n) is 2.88. The molecule has 2 aromatic rings. The Bertz CT molecular complexity index is 727. The minimum atomic E-state index is -0.712. The van der Waals surface area contributed by atoms with Crippen LogP contribution in [-0.2, 0) is 17.6 Å². The number of hydrogen-bond acceptors (Lipinski definition) is 4. The van der Waals surface area contributed by atoms with Crippen molar-refractivity contribution in [1.29, 1.82) is 0 Å². The second-order valence-electron chi connectivity index (χ2n) is 6.13. The summed E-state index contributed by atoms with van der Waals surface area (Å²) in [4.78, 5) is 12.0. The summed E-state index contributed by atoms with van der Waals surface area (Å²) in [6.45, 7) is 0.901. The highest BCUT2D eigenvalue weighted by Gasteiger charge is 2.16. The van der Waals surface area contributed by atoms with Gasteiger partial charge in [0.05, 0.1) is 19.8 Å². The molecule has 0 aromatic heterocycles. The monoisotopic (exact) mass is 341 g/mol. The van der Waals surface area contributed by atoms with Crippen LogP contribution in [0.5, 0.6) is 11.5 Å². The zero-order chi connectivity index (χ0) is 17.6. The first-order chi connectivity index (χ1) is 12.2. The van der Waals surface area contributed by atoms with E-state index in [2.05, 4.69) is 5.32 Å². The Kier molecular flexibility index (Phi) is 5.56. The van der Waals surface area contributed by atoms with Gasteiger partial charge in [0.15, 0.2) is 0 Å². The van der Waals surface area contributed by atoms with Crippen molar-refractivity contribution in [3.8, 4) is 11.5 Å². The quantitative estimate of drug-likeness (QED) is 0.812. The van der Waals surface area contributed by atoms with Crippen molar-refractivity contribution in [3.63, 3.8) is 0 Å². The van der Waals surface area contributed by atoms with Gasteiger partial charge in [-0.3, -0.25) is 4.79 Å². The second kappa shape index (κ2) is 8.03. The summed E-state index contributed by atoms with van der Waals surface area (Å²) in [5, 5.41) is 13.1. The fraction of sp³-hybridized carbons (Fsp3) is 0.350. The Hall–Kier alpha value is -2.53. The number of rotatable bonds is 7. The standard InChI is InChI=1S/C20H23NO4/c1-24-17-6-2-14(3-7-17)4-9-20(23)21-13-18(22)15-5-8-19-16(12-15)10-11-25-19/h2-3,5-8,12,18,22H,4,9-11,13H2,1H3,(H,21,23)/t18-/m0/s1. The maximum atomic E-state index is 12.0. The normalized spacial score (nSPS) is 13.7. The van der Waals surface area contributed by atoms with E-state index >= 15 is 0 Å².